The molecule has 0 saturated carbocycles. The van der Waals surface area contributed by atoms with E-state index in [0.717, 1.165) is 38.9 Å². The number of piperazine rings is 1. The molecule has 1 fully saturated rings. The number of hydrogen-bond donors (Lipinski definition) is 1. The van der Waals surface area contributed by atoms with Gasteiger partial charge in [-0.1, -0.05) is 30.3 Å². The van der Waals surface area contributed by atoms with Crippen LogP contribution in [0, 0.1) is 0 Å². The number of benzene rings is 1. The van der Waals surface area contributed by atoms with E-state index in [4.69, 9.17) is 4.74 Å². The third-order valence-corrected chi connectivity index (χ3v) is 3.92. The number of hydrogen-bond acceptors (Lipinski definition) is 4. The van der Waals surface area contributed by atoms with Crippen molar-refractivity contribution in [2.75, 3.05) is 32.8 Å². The number of nitrogens with one attached hydrogen (secondary N) is 1. The minimum Gasteiger partial charge on any atom is -0.465 e. The summed E-state index contributed by atoms with van der Waals surface area (Å²) in [4.78, 5) is 14.2. The first-order chi connectivity index (χ1) is 10.3. The lowest BCUT2D eigenvalue weighted by molar-refractivity contribution is -0.150. The minimum atomic E-state index is -0.115. The molecule has 116 valence electrons. The maximum Gasteiger partial charge on any atom is 0.324 e. The number of ether oxygens (including phenoxy) is 1. The van der Waals surface area contributed by atoms with Crippen molar-refractivity contribution in [2.24, 2.45) is 0 Å². The summed E-state index contributed by atoms with van der Waals surface area (Å²) < 4.78 is 5.17. The predicted octanol–water partition coefficient (Wildman–Crippen LogP) is 1.85. The van der Waals surface area contributed by atoms with Crippen LogP contribution in [0.5, 0.6) is 0 Å². The molecule has 21 heavy (non-hydrogen) atoms. The molecular weight excluding hydrogens is 264 g/mol. The lowest BCUT2D eigenvalue weighted by Crippen LogP contribution is -2.55. The summed E-state index contributed by atoms with van der Waals surface area (Å²) >= 11 is 0. The molecular formula is C17H26N2O2. The Kier molecular flexibility index (Phi) is 6.70. The van der Waals surface area contributed by atoms with Crippen LogP contribution in [0.1, 0.15) is 25.3 Å². The van der Waals surface area contributed by atoms with Gasteiger partial charge in [0.25, 0.3) is 0 Å². The smallest absolute Gasteiger partial charge is 0.324 e. The highest BCUT2D eigenvalue weighted by atomic mass is 16.5. The summed E-state index contributed by atoms with van der Waals surface area (Å²) in [5.41, 5.74) is 1.39. The Hall–Kier alpha value is -1.39. The fraction of sp³-hybridized carbons (Fsp3) is 0.588. The second kappa shape index (κ2) is 8.80. The van der Waals surface area contributed by atoms with Crippen LogP contribution in [-0.4, -0.2) is 49.7 Å². The number of aryl methyl sites for hydroxylation is 1. The molecule has 0 bridgehead atoms. The van der Waals surface area contributed by atoms with E-state index in [2.05, 4.69) is 34.5 Å². The van der Waals surface area contributed by atoms with Gasteiger partial charge < -0.3 is 10.1 Å². The van der Waals surface area contributed by atoms with Crippen molar-refractivity contribution in [3.05, 3.63) is 35.9 Å². The molecule has 1 aromatic rings. The van der Waals surface area contributed by atoms with Crippen LogP contribution in [0.25, 0.3) is 0 Å². The monoisotopic (exact) mass is 290 g/mol. The lowest BCUT2D eigenvalue weighted by Gasteiger charge is -2.34. The zero-order valence-corrected chi connectivity index (χ0v) is 12.9. The molecule has 0 aromatic heterocycles. The Morgan fingerprint density at radius 2 is 2.14 bits per heavy atom. The molecule has 0 aliphatic carbocycles. The molecule has 1 saturated heterocycles. The fourth-order valence-electron chi connectivity index (χ4n) is 2.77. The topological polar surface area (TPSA) is 41.6 Å². The van der Waals surface area contributed by atoms with Crippen LogP contribution < -0.4 is 5.32 Å². The molecule has 1 aliphatic heterocycles. The third kappa shape index (κ3) is 5.14. The summed E-state index contributed by atoms with van der Waals surface area (Å²) in [5.74, 6) is -0.0900. The van der Waals surface area contributed by atoms with Crippen LogP contribution >= 0.6 is 0 Å². The molecule has 1 unspecified atom stereocenters. The largest absolute Gasteiger partial charge is 0.465 e. The molecule has 1 heterocycles. The van der Waals surface area contributed by atoms with Gasteiger partial charge in [-0.2, -0.15) is 0 Å². The third-order valence-electron chi connectivity index (χ3n) is 3.92. The highest BCUT2D eigenvalue weighted by Gasteiger charge is 2.28. The lowest BCUT2D eigenvalue weighted by atomic mass is 10.1. The van der Waals surface area contributed by atoms with Gasteiger partial charge in [0, 0.05) is 19.6 Å². The van der Waals surface area contributed by atoms with E-state index >= 15 is 0 Å². The van der Waals surface area contributed by atoms with Crippen LogP contribution in [0.15, 0.2) is 30.3 Å². The first kappa shape index (κ1) is 16.0. The maximum absolute atomic E-state index is 12.0. The first-order valence-electron chi connectivity index (χ1n) is 7.96. The van der Waals surface area contributed by atoms with Crippen LogP contribution in [-0.2, 0) is 16.0 Å². The molecule has 0 amide bonds. The van der Waals surface area contributed by atoms with Crippen molar-refractivity contribution in [3.63, 3.8) is 0 Å². The van der Waals surface area contributed by atoms with Gasteiger partial charge in [-0.05, 0) is 38.3 Å². The molecule has 0 spiro atoms. The van der Waals surface area contributed by atoms with Gasteiger partial charge in [0.1, 0.15) is 6.04 Å². The molecule has 2 rings (SSSR count). The van der Waals surface area contributed by atoms with Crippen LogP contribution in [0.4, 0.5) is 0 Å². The van der Waals surface area contributed by atoms with Crippen molar-refractivity contribution in [3.8, 4) is 0 Å². The van der Waals surface area contributed by atoms with Gasteiger partial charge in [0.2, 0.25) is 0 Å². The Morgan fingerprint density at radius 3 is 2.90 bits per heavy atom. The highest BCUT2D eigenvalue weighted by molar-refractivity contribution is 5.76. The van der Waals surface area contributed by atoms with Crippen molar-refractivity contribution >= 4 is 5.97 Å². The van der Waals surface area contributed by atoms with E-state index < -0.39 is 0 Å². The average molecular weight is 290 g/mol. The number of rotatable bonds is 7. The average Bonchev–Trinajstić information content (AvgIpc) is 2.53. The summed E-state index contributed by atoms with van der Waals surface area (Å²) in [6, 6.07) is 10.5. The molecule has 0 radical (unpaired) electrons. The van der Waals surface area contributed by atoms with Gasteiger partial charge in [-0.15, -0.1) is 0 Å². The van der Waals surface area contributed by atoms with Crippen molar-refractivity contribution in [2.45, 2.75) is 32.2 Å². The zero-order chi connectivity index (χ0) is 14.9. The number of nitrogens with zero attached hydrogens (tertiary/aromatic N) is 1. The van der Waals surface area contributed by atoms with Crippen LogP contribution in [0.2, 0.25) is 0 Å². The predicted molar refractivity (Wildman–Crippen MR) is 84.2 cm³/mol. The summed E-state index contributed by atoms with van der Waals surface area (Å²) in [7, 11) is 0. The Morgan fingerprint density at radius 1 is 1.33 bits per heavy atom. The summed E-state index contributed by atoms with van der Waals surface area (Å²) in [6.45, 7) is 5.87. The van der Waals surface area contributed by atoms with E-state index in [9.17, 15) is 4.79 Å². The van der Waals surface area contributed by atoms with Gasteiger partial charge in [0.05, 0.1) is 6.61 Å². The van der Waals surface area contributed by atoms with Crippen molar-refractivity contribution in [1.29, 1.82) is 0 Å². The molecule has 4 nitrogen and oxygen atoms in total. The van der Waals surface area contributed by atoms with Gasteiger partial charge >= 0.3 is 5.97 Å². The van der Waals surface area contributed by atoms with E-state index in [1.54, 1.807) is 0 Å². The van der Waals surface area contributed by atoms with Gasteiger partial charge in [0.15, 0.2) is 0 Å². The maximum atomic E-state index is 12.0. The van der Waals surface area contributed by atoms with Crippen molar-refractivity contribution in [1.82, 2.24) is 10.2 Å². The molecule has 1 aliphatic rings. The normalized spacial score (nSPS) is 19.4. The number of carbonyl (C=O) groups is 1. The Labute approximate surface area is 127 Å². The van der Waals surface area contributed by atoms with E-state index in [-0.39, 0.29) is 12.0 Å². The van der Waals surface area contributed by atoms with Gasteiger partial charge in [-0.25, -0.2) is 0 Å². The summed E-state index contributed by atoms with van der Waals surface area (Å²) in [6.07, 6.45) is 3.38. The number of carbonyl (C=O) groups excluding carboxylic acids is 1. The second-order valence-electron chi connectivity index (χ2n) is 5.45. The van der Waals surface area contributed by atoms with E-state index in [1.165, 1.54) is 5.56 Å². The minimum absolute atomic E-state index is 0.0900. The number of esters is 1. The SMILES string of the molecule is CCOC(=O)C1CNCCN1CCCCc1ccccc1. The second-order valence-corrected chi connectivity index (χ2v) is 5.45. The zero-order valence-electron chi connectivity index (χ0n) is 12.9. The quantitative estimate of drug-likeness (QED) is 0.615. The highest BCUT2D eigenvalue weighted by Crippen LogP contribution is 2.10. The fourth-order valence-corrected chi connectivity index (χ4v) is 2.77. The molecule has 1 aromatic carbocycles. The molecule has 4 heteroatoms. The van der Waals surface area contributed by atoms with E-state index in [1.807, 2.05) is 13.0 Å². The van der Waals surface area contributed by atoms with Crippen molar-refractivity contribution < 1.29 is 9.53 Å². The molecule has 1 atom stereocenters. The summed E-state index contributed by atoms with van der Waals surface area (Å²) in [5, 5.41) is 3.28. The Bertz CT molecular complexity index is 422. The van der Waals surface area contributed by atoms with Crippen LogP contribution in [0.3, 0.4) is 0 Å². The number of unbranched alkanes of at least 4 members (excludes halogenated alkanes) is 1. The van der Waals surface area contributed by atoms with E-state index in [0.29, 0.717) is 13.2 Å². The van der Waals surface area contributed by atoms with Gasteiger partial charge in [-0.3, -0.25) is 9.69 Å². The molecule has 1 N–H and O–H groups in total. The Balaban J connectivity index is 1.73. The standard InChI is InChI=1S/C17H26N2O2/c1-2-21-17(20)16-14-18-11-13-19(16)12-7-6-10-15-8-4-3-5-9-15/h3-5,8-9,16,18H,2,6-7,10-14H2,1H3. The first-order valence-corrected chi connectivity index (χ1v) is 7.96.